The van der Waals surface area contributed by atoms with Crippen LogP contribution >= 0.6 is 0 Å². The highest BCUT2D eigenvalue weighted by atomic mass is 79.9. The van der Waals surface area contributed by atoms with E-state index < -0.39 is 5.72 Å². The summed E-state index contributed by atoms with van der Waals surface area (Å²) < 4.78 is 2.38. The molecule has 0 bridgehead atoms. The summed E-state index contributed by atoms with van der Waals surface area (Å²) in [5, 5.41) is 11.6. The molecule has 1 N–H and O–H groups in total. The third kappa shape index (κ3) is 7.22. The van der Waals surface area contributed by atoms with E-state index in [-0.39, 0.29) is 17.0 Å². The summed E-state index contributed by atoms with van der Waals surface area (Å²) in [5.41, 5.74) is 1.66. The standard InChI is InChI=1S/C26H47N2O.BrH/c1-5-7-8-9-10-11-12-13-14-15-16-17-19-26(29)24(4)23(3)25-27(20-6-2)21-18-22-28(25)26;/h6,29H,2,5,7-22H2,1,3-4H3;1H/q+1;/p-1. The average molecular weight is 484 g/mol. The molecular weight excluding hydrogens is 436 g/mol. The molecule has 0 saturated heterocycles. The van der Waals surface area contributed by atoms with Crippen molar-refractivity contribution in [3.05, 3.63) is 23.8 Å². The Bertz CT molecular complexity index is 584. The quantitative estimate of drug-likeness (QED) is 0.220. The zero-order valence-electron chi connectivity index (χ0n) is 20.0. The van der Waals surface area contributed by atoms with Crippen LogP contribution in [0.15, 0.2) is 23.8 Å². The first kappa shape index (κ1) is 27.4. The summed E-state index contributed by atoms with van der Waals surface area (Å²) in [4.78, 5) is 2.28. The van der Waals surface area contributed by atoms with Gasteiger partial charge in [0.25, 0.3) is 5.84 Å². The maximum atomic E-state index is 11.6. The first-order chi connectivity index (χ1) is 14.1. The minimum absolute atomic E-state index is 0. The molecule has 0 spiro atoms. The van der Waals surface area contributed by atoms with Crippen LogP contribution in [0.25, 0.3) is 0 Å². The molecule has 0 radical (unpaired) electrons. The molecule has 0 fully saturated rings. The monoisotopic (exact) mass is 482 g/mol. The van der Waals surface area contributed by atoms with Crippen LogP contribution in [0.2, 0.25) is 0 Å². The Balaban J connectivity index is 0.00000450. The van der Waals surface area contributed by atoms with Crippen molar-refractivity contribution in [3.63, 3.8) is 0 Å². The third-order valence-corrected chi connectivity index (χ3v) is 7.04. The fraction of sp³-hybridized carbons (Fsp3) is 0.808. The molecule has 2 aliphatic rings. The molecule has 1 unspecified atom stereocenters. The van der Waals surface area contributed by atoms with Gasteiger partial charge in [-0.2, -0.15) is 0 Å². The number of halogens is 1. The van der Waals surface area contributed by atoms with Gasteiger partial charge in [0.1, 0.15) is 6.54 Å². The van der Waals surface area contributed by atoms with E-state index in [4.69, 9.17) is 0 Å². The summed E-state index contributed by atoms with van der Waals surface area (Å²) in [6, 6.07) is 0. The number of hydrogen-bond donors (Lipinski definition) is 1. The van der Waals surface area contributed by atoms with Crippen LogP contribution in [-0.4, -0.2) is 45.8 Å². The topological polar surface area (TPSA) is 26.5 Å². The summed E-state index contributed by atoms with van der Waals surface area (Å²) in [5.74, 6) is 1.25. The van der Waals surface area contributed by atoms with E-state index in [1.165, 1.54) is 82.0 Å². The predicted octanol–water partition coefficient (Wildman–Crippen LogP) is 3.42. The van der Waals surface area contributed by atoms with Crippen molar-refractivity contribution in [1.82, 2.24) is 4.90 Å². The molecular formula is C26H47BrN2O. The number of unbranched alkanes of at least 4 members (excludes halogenated alkanes) is 11. The molecule has 1 atom stereocenters. The van der Waals surface area contributed by atoms with Gasteiger partial charge in [-0.05, 0) is 20.3 Å². The Morgan fingerprint density at radius 1 is 0.967 bits per heavy atom. The van der Waals surface area contributed by atoms with E-state index >= 15 is 0 Å². The van der Waals surface area contributed by atoms with Gasteiger partial charge in [-0.3, -0.25) is 4.58 Å². The highest BCUT2D eigenvalue weighted by molar-refractivity contribution is 5.98. The largest absolute Gasteiger partial charge is 1.00 e. The molecule has 0 aromatic rings. The minimum atomic E-state index is -0.766. The normalized spacial score (nSPS) is 21.1. The van der Waals surface area contributed by atoms with Gasteiger partial charge < -0.3 is 22.1 Å². The Labute approximate surface area is 197 Å². The highest BCUT2D eigenvalue weighted by Gasteiger charge is 2.53. The SMILES string of the molecule is C=CC[N+]1=C2C(C)=C(C)C(O)(CCCCCCCCCCCCCC)N2CCC1.[Br-]. The van der Waals surface area contributed by atoms with Gasteiger partial charge in [-0.25, -0.2) is 4.90 Å². The summed E-state index contributed by atoms with van der Waals surface area (Å²) in [6.07, 6.45) is 20.2. The van der Waals surface area contributed by atoms with Crippen LogP contribution in [0.3, 0.4) is 0 Å². The molecule has 2 aliphatic heterocycles. The fourth-order valence-electron chi connectivity index (χ4n) is 5.14. The first-order valence-electron chi connectivity index (χ1n) is 12.5. The van der Waals surface area contributed by atoms with Gasteiger partial charge in [-0.1, -0.05) is 90.2 Å². The maximum absolute atomic E-state index is 11.6. The van der Waals surface area contributed by atoms with Crippen LogP contribution in [0.1, 0.15) is 111 Å². The Morgan fingerprint density at radius 2 is 1.50 bits per heavy atom. The lowest BCUT2D eigenvalue weighted by atomic mass is 9.96. The Hall–Kier alpha value is -0.610. The summed E-state index contributed by atoms with van der Waals surface area (Å²) >= 11 is 0. The lowest BCUT2D eigenvalue weighted by molar-refractivity contribution is -0.529. The molecule has 2 heterocycles. The van der Waals surface area contributed by atoms with Crippen molar-refractivity contribution >= 4 is 5.84 Å². The first-order valence-corrected chi connectivity index (χ1v) is 12.5. The predicted molar refractivity (Wildman–Crippen MR) is 126 cm³/mol. The molecule has 3 nitrogen and oxygen atoms in total. The Kier molecular flexibility index (Phi) is 13.2. The number of nitrogens with zero attached hydrogens (tertiary/aromatic N) is 2. The van der Waals surface area contributed by atoms with E-state index in [0.29, 0.717) is 0 Å². The zero-order valence-corrected chi connectivity index (χ0v) is 21.6. The Morgan fingerprint density at radius 3 is 2.03 bits per heavy atom. The van der Waals surface area contributed by atoms with Crippen LogP contribution in [0, 0.1) is 0 Å². The van der Waals surface area contributed by atoms with Crippen molar-refractivity contribution < 1.29 is 26.7 Å². The van der Waals surface area contributed by atoms with Crippen molar-refractivity contribution in [3.8, 4) is 0 Å². The third-order valence-electron chi connectivity index (χ3n) is 7.04. The van der Waals surface area contributed by atoms with Crippen molar-refractivity contribution in [2.45, 2.75) is 116 Å². The summed E-state index contributed by atoms with van der Waals surface area (Å²) in [7, 11) is 0. The highest BCUT2D eigenvalue weighted by Crippen LogP contribution is 2.39. The fourth-order valence-corrected chi connectivity index (χ4v) is 5.14. The summed E-state index contributed by atoms with van der Waals surface area (Å²) in [6.45, 7) is 13.4. The van der Waals surface area contributed by atoms with Gasteiger partial charge in [0.2, 0.25) is 5.72 Å². The van der Waals surface area contributed by atoms with Crippen LogP contribution < -0.4 is 17.0 Å². The van der Waals surface area contributed by atoms with E-state index in [9.17, 15) is 5.11 Å². The average Bonchev–Trinajstić information content (AvgIpc) is 2.91. The minimum Gasteiger partial charge on any atom is -1.00 e. The molecule has 0 aliphatic carbocycles. The van der Waals surface area contributed by atoms with Crippen LogP contribution in [0.5, 0.6) is 0 Å². The second-order valence-corrected chi connectivity index (χ2v) is 9.27. The number of amidine groups is 1. The lowest BCUT2D eigenvalue weighted by Crippen LogP contribution is -3.00. The van der Waals surface area contributed by atoms with Crippen molar-refractivity contribution in [1.29, 1.82) is 0 Å². The van der Waals surface area contributed by atoms with Crippen LogP contribution in [0.4, 0.5) is 0 Å². The van der Waals surface area contributed by atoms with Crippen molar-refractivity contribution in [2.75, 3.05) is 19.6 Å². The molecule has 174 valence electrons. The molecule has 0 aromatic carbocycles. The van der Waals surface area contributed by atoms with Gasteiger partial charge in [0.15, 0.2) is 0 Å². The molecule has 30 heavy (non-hydrogen) atoms. The van der Waals surface area contributed by atoms with Gasteiger partial charge >= 0.3 is 0 Å². The van der Waals surface area contributed by atoms with Gasteiger partial charge in [0.05, 0.1) is 13.1 Å². The van der Waals surface area contributed by atoms with Crippen molar-refractivity contribution in [2.24, 2.45) is 0 Å². The second-order valence-electron chi connectivity index (χ2n) is 9.27. The second kappa shape index (κ2) is 14.5. The van der Waals surface area contributed by atoms with Crippen LogP contribution in [-0.2, 0) is 0 Å². The number of aliphatic hydroxyl groups is 1. The molecule has 2 rings (SSSR count). The molecule has 0 saturated carbocycles. The van der Waals surface area contributed by atoms with Gasteiger partial charge in [0, 0.05) is 24.0 Å². The molecule has 0 aromatic heterocycles. The zero-order chi connectivity index (χ0) is 21.1. The number of hydrogen-bond acceptors (Lipinski definition) is 2. The van der Waals surface area contributed by atoms with Gasteiger partial charge in [-0.15, -0.1) is 0 Å². The van der Waals surface area contributed by atoms with E-state index in [2.05, 4.69) is 36.8 Å². The van der Waals surface area contributed by atoms with E-state index in [1.807, 2.05) is 6.08 Å². The van der Waals surface area contributed by atoms with E-state index in [0.717, 1.165) is 44.5 Å². The maximum Gasteiger partial charge on any atom is 0.277 e. The number of rotatable bonds is 15. The lowest BCUT2D eigenvalue weighted by Gasteiger charge is -2.34. The molecule has 4 heteroatoms. The number of fused-ring (bicyclic) bond motifs is 1. The van der Waals surface area contributed by atoms with E-state index in [1.54, 1.807) is 0 Å². The molecule has 0 amide bonds. The smallest absolute Gasteiger partial charge is 0.277 e.